The van der Waals surface area contributed by atoms with Gasteiger partial charge in [0.05, 0.1) is 12.2 Å². The molecule has 0 fully saturated rings. The Kier molecular flexibility index (Phi) is 5.03. The van der Waals surface area contributed by atoms with Crippen molar-refractivity contribution in [2.45, 2.75) is 26.8 Å². The van der Waals surface area contributed by atoms with Crippen molar-refractivity contribution in [1.29, 1.82) is 5.41 Å². The molecule has 7 nitrogen and oxygen atoms in total. The molecule has 4 rings (SSSR count). The molecule has 29 heavy (non-hydrogen) atoms. The van der Waals surface area contributed by atoms with Gasteiger partial charge in [-0.1, -0.05) is 17.7 Å². The van der Waals surface area contributed by atoms with Gasteiger partial charge in [-0.05, 0) is 50.6 Å². The number of nitrogens with zero attached hydrogens (tertiary/aromatic N) is 3. The summed E-state index contributed by atoms with van der Waals surface area (Å²) in [7, 11) is 0. The van der Waals surface area contributed by atoms with Crippen molar-refractivity contribution in [2.24, 2.45) is 4.99 Å². The second-order valence-corrected chi connectivity index (χ2v) is 6.96. The molecule has 1 aromatic heterocycles. The number of amides is 1. The summed E-state index contributed by atoms with van der Waals surface area (Å²) in [6.07, 6.45) is 6.08. The first-order valence-electron chi connectivity index (χ1n) is 9.46. The summed E-state index contributed by atoms with van der Waals surface area (Å²) in [6.45, 7) is 5.12. The Morgan fingerprint density at radius 2 is 2.00 bits per heavy atom. The molecule has 0 saturated carbocycles. The molecule has 1 aromatic carbocycles. The molecule has 0 atom stereocenters. The van der Waals surface area contributed by atoms with E-state index in [0.29, 0.717) is 18.2 Å². The number of ether oxygens (including phenoxy) is 1. The number of fused-ring (bicyclic) bond motifs is 1. The number of hydrogen-bond donors (Lipinski definition) is 1. The molecule has 7 heteroatoms. The third kappa shape index (κ3) is 3.99. The number of allylic oxidation sites excluding steroid dienone is 1. The van der Waals surface area contributed by atoms with Crippen LogP contribution in [0, 0.1) is 12.3 Å². The smallest absolute Gasteiger partial charge is 0.283 e. The standard InChI is InChI=1S/C22H22N4O3/c1-15-6-8-18(9-7-15)28-12-4-11-25-10-3-5-17(25)14-19-21(23)26-20(24-22(19)27)13-16(2)29-26/h3,5-10,13-14,23H,4,11-12H2,1-2H3/b19-14-,23-21?. The lowest BCUT2D eigenvalue weighted by Crippen LogP contribution is -2.38. The SMILES string of the molecule is CC1=CC2=NC(=O)/C(=C\c3cccn3CCCOc3ccc(C)cc3)C(=N)N2O1. The number of aromatic nitrogens is 1. The average Bonchev–Trinajstić information content (AvgIpc) is 3.29. The van der Waals surface area contributed by atoms with Gasteiger partial charge in [-0.25, -0.2) is 0 Å². The van der Waals surface area contributed by atoms with Crippen LogP contribution < -0.4 is 4.74 Å². The first-order chi connectivity index (χ1) is 14.0. The molecule has 0 unspecified atom stereocenters. The van der Waals surface area contributed by atoms with E-state index in [-0.39, 0.29) is 11.4 Å². The van der Waals surface area contributed by atoms with Crippen LogP contribution in [0.15, 0.2) is 65.0 Å². The highest BCUT2D eigenvalue weighted by Crippen LogP contribution is 2.23. The molecule has 1 amide bonds. The lowest BCUT2D eigenvalue weighted by Gasteiger charge is -2.23. The van der Waals surface area contributed by atoms with E-state index in [1.807, 2.05) is 54.1 Å². The van der Waals surface area contributed by atoms with Crippen molar-refractivity contribution >= 4 is 23.7 Å². The number of nitrogens with one attached hydrogen (secondary N) is 1. The largest absolute Gasteiger partial charge is 0.494 e. The normalized spacial score (nSPS) is 17.2. The van der Waals surface area contributed by atoms with Gasteiger partial charge in [0, 0.05) is 24.5 Å². The van der Waals surface area contributed by atoms with Gasteiger partial charge in [-0.3, -0.25) is 10.2 Å². The van der Waals surface area contributed by atoms with Gasteiger partial charge in [0.2, 0.25) is 0 Å². The lowest BCUT2D eigenvalue weighted by atomic mass is 10.1. The van der Waals surface area contributed by atoms with Crippen molar-refractivity contribution < 1.29 is 14.4 Å². The van der Waals surface area contributed by atoms with Crippen LogP contribution in [0.25, 0.3) is 6.08 Å². The van der Waals surface area contributed by atoms with E-state index in [4.69, 9.17) is 15.0 Å². The molecular formula is C22H22N4O3. The number of carbonyl (C=O) groups excluding carboxylic acids is 1. The van der Waals surface area contributed by atoms with Crippen LogP contribution in [0.1, 0.15) is 24.6 Å². The Morgan fingerprint density at radius 1 is 1.21 bits per heavy atom. The zero-order chi connectivity index (χ0) is 20.4. The van der Waals surface area contributed by atoms with Gasteiger partial charge in [0.25, 0.3) is 5.91 Å². The third-order valence-electron chi connectivity index (χ3n) is 4.67. The van der Waals surface area contributed by atoms with Crippen LogP contribution >= 0.6 is 0 Å². The number of amidine groups is 2. The number of benzene rings is 1. The van der Waals surface area contributed by atoms with Crippen LogP contribution in [-0.4, -0.2) is 33.8 Å². The fourth-order valence-electron chi connectivity index (χ4n) is 3.17. The molecule has 0 saturated heterocycles. The fourth-order valence-corrected chi connectivity index (χ4v) is 3.17. The molecule has 1 N–H and O–H groups in total. The summed E-state index contributed by atoms with van der Waals surface area (Å²) in [6, 6.07) is 11.8. The summed E-state index contributed by atoms with van der Waals surface area (Å²) >= 11 is 0. The first-order valence-corrected chi connectivity index (χ1v) is 9.46. The van der Waals surface area contributed by atoms with Gasteiger partial charge in [-0.15, -0.1) is 5.06 Å². The number of hydrogen-bond acceptors (Lipinski definition) is 4. The average molecular weight is 390 g/mol. The maximum Gasteiger partial charge on any atom is 0.283 e. The summed E-state index contributed by atoms with van der Waals surface area (Å²) in [5, 5.41) is 9.58. The van der Waals surface area contributed by atoms with E-state index in [1.54, 1.807) is 19.1 Å². The van der Waals surface area contributed by atoms with Crippen LogP contribution in [0.5, 0.6) is 5.75 Å². The van der Waals surface area contributed by atoms with Crippen molar-refractivity contribution in [2.75, 3.05) is 6.61 Å². The Balaban J connectivity index is 1.41. The molecule has 0 radical (unpaired) electrons. The van der Waals surface area contributed by atoms with Crippen LogP contribution in [0.3, 0.4) is 0 Å². The summed E-state index contributed by atoms with van der Waals surface area (Å²) in [4.78, 5) is 21.9. The molecule has 0 spiro atoms. The number of aliphatic imine (C=N–C) groups is 1. The first kappa shape index (κ1) is 18.7. The highest BCUT2D eigenvalue weighted by Gasteiger charge is 2.34. The Labute approximate surface area is 169 Å². The van der Waals surface area contributed by atoms with Crippen molar-refractivity contribution in [3.63, 3.8) is 0 Å². The summed E-state index contributed by atoms with van der Waals surface area (Å²) in [5.74, 6) is 1.35. The predicted octanol–water partition coefficient (Wildman–Crippen LogP) is 3.72. The third-order valence-corrected chi connectivity index (χ3v) is 4.67. The van der Waals surface area contributed by atoms with E-state index in [1.165, 1.54) is 10.6 Å². The van der Waals surface area contributed by atoms with E-state index in [9.17, 15) is 4.79 Å². The number of hydroxylamine groups is 2. The van der Waals surface area contributed by atoms with E-state index < -0.39 is 5.91 Å². The Hall–Kier alpha value is -3.61. The Morgan fingerprint density at radius 3 is 2.79 bits per heavy atom. The molecule has 148 valence electrons. The second-order valence-electron chi connectivity index (χ2n) is 6.96. The van der Waals surface area contributed by atoms with E-state index in [2.05, 4.69) is 4.99 Å². The van der Waals surface area contributed by atoms with Gasteiger partial charge in [-0.2, -0.15) is 4.99 Å². The Bertz CT molecular complexity index is 1040. The molecular weight excluding hydrogens is 368 g/mol. The number of aryl methyl sites for hydroxylation is 2. The maximum atomic E-state index is 12.4. The van der Waals surface area contributed by atoms with Crippen LogP contribution in [-0.2, 0) is 16.2 Å². The minimum Gasteiger partial charge on any atom is -0.494 e. The minimum atomic E-state index is -0.439. The van der Waals surface area contributed by atoms with Gasteiger partial charge < -0.3 is 14.1 Å². The van der Waals surface area contributed by atoms with Gasteiger partial charge >= 0.3 is 0 Å². The molecule has 0 aliphatic carbocycles. The topological polar surface area (TPSA) is 79.9 Å². The second kappa shape index (κ2) is 7.79. The number of rotatable bonds is 6. The molecule has 0 bridgehead atoms. The monoisotopic (exact) mass is 390 g/mol. The summed E-state index contributed by atoms with van der Waals surface area (Å²) in [5.41, 5.74) is 2.23. The molecule has 3 heterocycles. The van der Waals surface area contributed by atoms with Crippen molar-refractivity contribution in [1.82, 2.24) is 9.63 Å². The predicted molar refractivity (Wildman–Crippen MR) is 111 cm³/mol. The number of carbonyl (C=O) groups is 1. The highest BCUT2D eigenvalue weighted by atomic mass is 16.7. The lowest BCUT2D eigenvalue weighted by molar-refractivity contribution is -0.114. The van der Waals surface area contributed by atoms with Crippen molar-refractivity contribution in [3.05, 3.63) is 71.3 Å². The maximum absolute atomic E-state index is 12.4. The highest BCUT2D eigenvalue weighted by molar-refractivity contribution is 6.32. The quantitative estimate of drug-likeness (QED) is 0.602. The summed E-state index contributed by atoms with van der Waals surface area (Å²) < 4.78 is 7.80. The van der Waals surface area contributed by atoms with Crippen molar-refractivity contribution in [3.8, 4) is 5.75 Å². The van der Waals surface area contributed by atoms with Gasteiger partial charge in [0.15, 0.2) is 11.7 Å². The zero-order valence-electron chi connectivity index (χ0n) is 16.4. The fraction of sp³-hybridized carbons (Fsp3) is 0.227. The van der Waals surface area contributed by atoms with E-state index >= 15 is 0 Å². The molecule has 2 aromatic rings. The zero-order valence-corrected chi connectivity index (χ0v) is 16.4. The molecule has 2 aliphatic rings. The van der Waals surface area contributed by atoms with Gasteiger partial charge in [0.1, 0.15) is 11.5 Å². The van der Waals surface area contributed by atoms with E-state index in [0.717, 1.165) is 24.4 Å². The van der Waals surface area contributed by atoms with Crippen LogP contribution in [0.4, 0.5) is 0 Å². The molecule has 2 aliphatic heterocycles. The minimum absolute atomic E-state index is 0.0106. The van der Waals surface area contributed by atoms with Crippen LogP contribution in [0.2, 0.25) is 0 Å².